The molecule has 1 N–H and O–H groups in total. The fourth-order valence-corrected chi connectivity index (χ4v) is 3.58. The van der Waals surface area contributed by atoms with Crippen molar-refractivity contribution in [1.82, 2.24) is 15.2 Å². The van der Waals surface area contributed by atoms with Gasteiger partial charge in [0.2, 0.25) is 11.0 Å². The molecular formula is C17H11BrClN5O3S. The highest BCUT2D eigenvalue weighted by molar-refractivity contribution is 9.10. The van der Waals surface area contributed by atoms with E-state index >= 15 is 0 Å². The minimum Gasteiger partial charge on any atom is -0.448 e. The van der Waals surface area contributed by atoms with Gasteiger partial charge in [0.25, 0.3) is 5.69 Å². The zero-order valence-electron chi connectivity index (χ0n) is 14.2. The molecule has 0 saturated heterocycles. The number of hydrogen-bond donors (Lipinski definition) is 1. The molecule has 1 aromatic heterocycles. The lowest BCUT2D eigenvalue weighted by atomic mass is 10.1. The second kappa shape index (κ2) is 7.53. The zero-order valence-corrected chi connectivity index (χ0v) is 17.4. The summed E-state index contributed by atoms with van der Waals surface area (Å²) in [6.45, 7) is 0. The Bertz CT molecular complexity index is 1100. The molecule has 11 heteroatoms. The van der Waals surface area contributed by atoms with Crippen molar-refractivity contribution in [1.29, 1.82) is 0 Å². The number of benzene rings is 2. The summed E-state index contributed by atoms with van der Waals surface area (Å²) in [6, 6.07) is 10.1. The number of thioether (sulfide) groups is 1. The second-order valence-corrected chi connectivity index (χ2v) is 7.85. The van der Waals surface area contributed by atoms with Crippen LogP contribution in [0.2, 0.25) is 5.02 Å². The van der Waals surface area contributed by atoms with Crippen LogP contribution >= 0.6 is 39.3 Å². The quantitative estimate of drug-likeness (QED) is 0.314. The number of nitro benzene ring substituents is 1. The lowest BCUT2D eigenvalue weighted by molar-refractivity contribution is -0.384. The van der Waals surface area contributed by atoms with Crippen LogP contribution in [0.15, 0.2) is 46.0 Å². The van der Waals surface area contributed by atoms with E-state index in [2.05, 4.69) is 36.4 Å². The molecule has 0 radical (unpaired) electrons. The van der Waals surface area contributed by atoms with E-state index in [1.54, 1.807) is 6.07 Å². The number of nitro groups is 1. The van der Waals surface area contributed by atoms with Gasteiger partial charge in [-0.25, -0.2) is 0 Å². The molecule has 142 valence electrons. The van der Waals surface area contributed by atoms with Gasteiger partial charge in [0.05, 0.1) is 4.92 Å². The van der Waals surface area contributed by atoms with Gasteiger partial charge in [-0.2, -0.15) is 4.98 Å². The van der Waals surface area contributed by atoms with Gasteiger partial charge in [-0.1, -0.05) is 45.4 Å². The van der Waals surface area contributed by atoms with Crippen LogP contribution in [0.25, 0.3) is 11.3 Å². The fourth-order valence-electron chi connectivity index (χ4n) is 2.74. The summed E-state index contributed by atoms with van der Waals surface area (Å²) < 4.78 is 6.92. The Morgan fingerprint density at radius 3 is 2.86 bits per heavy atom. The smallest absolute Gasteiger partial charge is 0.288 e. The van der Waals surface area contributed by atoms with E-state index in [0.717, 1.165) is 15.7 Å². The Balaban J connectivity index is 1.87. The Labute approximate surface area is 177 Å². The molecule has 3 aromatic rings. The monoisotopic (exact) mass is 479 g/mol. The number of rotatable bonds is 3. The summed E-state index contributed by atoms with van der Waals surface area (Å²) in [6.07, 6.45) is 1.10. The number of fused-ring (bicyclic) bond motifs is 3. The van der Waals surface area contributed by atoms with E-state index in [9.17, 15) is 10.1 Å². The van der Waals surface area contributed by atoms with Crippen LogP contribution in [-0.4, -0.2) is 26.4 Å². The minimum absolute atomic E-state index is 0.0563. The third-order valence-corrected chi connectivity index (χ3v) is 5.39. The molecular weight excluding hydrogens is 470 g/mol. The number of anilines is 1. The highest BCUT2D eigenvalue weighted by atomic mass is 79.9. The van der Waals surface area contributed by atoms with Crippen molar-refractivity contribution < 1.29 is 9.66 Å². The van der Waals surface area contributed by atoms with Crippen molar-refractivity contribution in [2.75, 3.05) is 11.6 Å². The van der Waals surface area contributed by atoms with E-state index < -0.39 is 11.2 Å². The average Bonchev–Trinajstić information content (AvgIpc) is 2.84. The first-order valence-corrected chi connectivity index (χ1v) is 10.3. The molecule has 1 atom stereocenters. The van der Waals surface area contributed by atoms with Crippen molar-refractivity contribution in [3.63, 3.8) is 0 Å². The van der Waals surface area contributed by atoms with Crippen LogP contribution in [0.1, 0.15) is 11.8 Å². The molecule has 1 aliphatic heterocycles. The standard InChI is InChI=1S/C17H11BrClN5O3S/c1-28-17-21-16-14(22-23-17)10-7-9(18)3-5-12(10)20-15(27-16)8-2-4-11(19)13(6-8)24(25)26/h2-7,15,20H,1H3/t15-/m1/s1. The van der Waals surface area contributed by atoms with Gasteiger partial charge in [0, 0.05) is 27.4 Å². The van der Waals surface area contributed by atoms with E-state index in [0.29, 0.717) is 16.4 Å². The molecule has 0 bridgehead atoms. The first-order chi connectivity index (χ1) is 13.5. The van der Waals surface area contributed by atoms with E-state index in [1.165, 1.54) is 23.9 Å². The highest BCUT2D eigenvalue weighted by Crippen LogP contribution is 2.41. The van der Waals surface area contributed by atoms with Gasteiger partial charge >= 0.3 is 0 Å². The van der Waals surface area contributed by atoms with Crippen LogP contribution in [-0.2, 0) is 0 Å². The number of nitrogens with one attached hydrogen (secondary N) is 1. The molecule has 0 fully saturated rings. The molecule has 0 amide bonds. The second-order valence-electron chi connectivity index (χ2n) is 5.75. The lowest BCUT2D eigenvalue weighted by Crippen LogP contribution is -2.17. The van der Waals surface area contributed by atoms with Gasteiger partial charge in [0.1, 0.15) is 5.02 Å². The fraction of sp³-hybridized carbons (Fsp3) is 0.118. The molecule has 0 spiro atoms. The van der Waals surface area contributed by atoms with E-state index in [4.69, 9.17) is 16.3 Å². The van der Waals surface area contributed by atoms with Crippen LogP contribution in [0.4, 0.5) is 11.4 Å². The van der Waals surface area contributed by atoms with E-state index in [1.807, 2.05) is 24.5 Å². The van der Waals surface area contributed by atoms with Gasteiger partial charge in [0.15, 0.2) is 11.9 Å². The molecule has 28 heavy (non-hydrogen) atoms. The Kier molecular flexibility index (Phi) is 5.09. The molecule has 1 aliphatic rings. The van der Waals surface area contributed by atoms with E-state index in [-0.39, 0.29) is 16.6 Å². The lowest BCUT2D eigenvalue weighted by Gasteiger charge is -2.19. The summed E-state index contributed by atoms with van der Waals surface area (Å²) in [7, 11) is 0. The summed E-state index contributed by atoms with van der Waals surface area (Å²) in [4.78, 5) is 15.2. The molecule has 0 unspecified atom stereocenters. The Hall–Kier alpha value is -2.43. The van der Waals surface area contributed by atoms with Crippen LogP contribution in [0, 0.1) is 10.1 Å². The maximum absolute atomic E-state index is 11.3. The SMILES string of the molecule is CSc1nnc2c(n1)O[C@H](c1ccc(Cl)c([N+](=O)[O-])c1)Nc1ccc(Br)cc1-2. The predicted octanol–water partition coefficient (Wildman–Crippen LogP) is 5.09. The van der Waals surface area contributed by atoms with Gasteiger partial charge in [-0.05, 0) is 30.5 Å². The van der Waals surface area contributed by atoms with Crippen molar-refractivity contribution in [3.05, 3.63) is 61.6 Å². The number of aromatic nitrogens is 3. The third kappa shape index (κ3) is 3.50. The molecule has 4 rings (SSSR count). The predicted molar refractivity (Wildman–Crippen MR) is 110 cm³/mol. The Morgan fingerprint density at radius 2 is 2.11 bits per heavy atom. The van der Waals surface area contributed by atoms with Crippen molar-refractivity contribution in [2.24, 2.45) is 0 Å². The Morgan fingerprint density at radius 1 is 1.29 bits per heavy atom. The van der Waals surface area contributed by atoms with Gasteiger partial charge in [-0.15, -0.1) is 10.2 Å². The third-order valence-electron chi connectivity index (χ3n) is 4.04. The molecule has 8 nitrogen and oxygen atoms in total. The van der Waals surface area contributed by atoms with Crippen molar-refractivity contribution >= 4 is 50.7 Å². The van der Waals surface area contributed by atoms with Crippen LogP contribution in [0.3, 0.4) is 0 Å². The van der Waals surface area contributed by atoms with Gasteiger partial charge in [-0.3, -0.25) is 10.1 Å². The van der Waals surface area contributed by atoms with Gasteiger partial charge < -0.3 is 10.1 Å². The first-order valence-electron chi connectivity index (χ1n) is 7.92. The normalized spacial score (nSPS) is 14.9. The van der Waals surface area contributed by atoms with Crippen molar-refractivity contribution in [3.8, 4) is 17.1 Å². The number of ether oxygens (including phenoxy) is 1. The largest absolute Gasteiger partial charge is 0.448 e. The molecule has 2 aromatic carbocycles. The molecule has 0 saturated carbocycles. The first kappa shape index (κ1) is 18.9. The molecule has 0 aliphatic carbocycles. The van der Waals surface area contributed by atoms with Crippen molar-refractivity contribution in [2.45, 2.75) is 11.4 Å². The molecule has 2 heterocycles. The summed E-state index contributed by atoms with van der Waals surface area (Å²) in [5.41, 5.74) is 2.30. The van der Waals surface area contributed by atoms with Crippen LogP contribution < -0.4 is 10.1 Å². The minimum atomic E-state index is -0.733. The highest BCUT2D eigenvalue weighted by Gasteiger charge is 2.27. The van der Waals surface area contributed by atoms with Crippen LogP contribution in [0.5, 0.6) is 5.88 Å². The maximum atomic E-state index is 11.3. The zero-order chi connectivity index (χ0) is 19.8. The summed E-state index contributed by atoms with van der Waals surface area (Å²) in [5.74, 6) is 0.284. The summed E-state index contributed by atoms with van der Waals surface area (Å²) in [5, 5.41) is 23.4. The number of halogens is 2. The number of hydrogen-bond acceptors (Lipinski definition) is 8. The maximum Gasteiger partial charge on any atom is 0.288 e. The summed E-state index contributed by atoms with van der Waals surface area (Å²) >= 11 is 10.7. The number of nitrogens with zero attached hydrogens (tertiary/aromatic N) is 4. The average molecular weight is 481 g/mol. The topological polar surface area (TPSA) is 103 Å².